The van der Waals surface area contributed by atoms with Crippen LogP contribution in [0.3, 0.4) is 0 Å². The Morgan fingerprint density at radius 3 is 2.82 bits per heavy atom. The Kier molecular flexibility index (Phi) is 5.29. The van der Waals surface area contributed by atoms with E-state index in [9.17, 15) is 0 Å². The molecule has 0 aliphatic carbocycles. The van der Waals surface area contributed by atoms with Crippen molar-refractivity contribution < 1.29 is 18.4 Å². The van der Waals surface area contributed by atoms with E-state index in [0.717, 1.165) is 16.5 Å². The van der Waals surface area contributed by atoms with Crippen molar-refractivity contribution in [3.05, 3.63) is 54.6 Å². The van der Waals surface area contributed by atoms with Gasteiger partial charge in [-0.15, -0.1) is 10.2 Å². The summed E-state index contributed by atoms with van der Waals surface area (Å²) in [7, 11) is 3.17. The third-order valence-electron chi connectivity index (χ3n) is 3.92. The van der Waals surface area contributed by atoms with Gasteiger partial charge in [-0.2, -0.15) is 4.98 Å². The number of nitrogens with zero attached hydrogens (tertiary/aromatic N) is 5. The van der Waals surface area contributed by atoms with Crippen LogP contribution >= 0.6 is 11.8 Å². The summed E-state index contributed by atoms with van der Waals surface area (Å²) in [6.45, 7) is 0.559. The lowest BCUT2D eigenvalue weighted by molar-refractivity contribution is 0.355. The summed E-state index contributed by atoms with van der Waals surface area (Å²) in [5, 5.41) is 12.9. The molecule has 10 heteroatoms. The quantitative estimate of drug-likeness (QED) is 0.413. The van der Waals surface area contributed by atoms with E-state index in [-0.39, 0.29) is 0 Å². The molecule has 28 heavy (non-hydrogen) atoms. The van der Waals surface area contributed by atoms with Crippen LogP contribution in [0.2, 0.25) is 0 Å². The van der Waals surface area contributed by atoms with Crippen molar-refractivity contribution in [3.8, 4) is 22.9 Å². The van der Waals surface area contributed by atoms with Gasteiger partial charge in [0.2, 0.25) is 11.7 Å². The fraction of sp³-hybridized carbons (Fsp3) is 0.222. The van der Waals surface area contributed by atoms with Crippen LogP contribution in [-0.2, 0) is 12.3 Å². The van der Waals surface area contributed by atoms with Crippen LogP contribution in [0.4, 0.5) is 0 Å². The van der Waals surface area contributed by atoms with E-state index in [1.54, 1.807) is 38.9 Å². The predicted molar refractivity (Wildman–Crippen MR) is 100 cm³/mol. The second kappa shape index (κ2) is 8.17. The lowest BCUT2D eigenvalue weighted by Crippen LogP contribution is -1.99. The molecular weight excluding hydrogens is 382 g/mol. The summed E-state index contributed by atoms with van der Waals surface area (Å²) in [4.78, 5) is 4.45. The molecular formula is C18H17N5O4S. The molecule has 1 aromatic carbocycles. The minimum atomic E-state index is 0.469. The van der Waals surface area contributed by atoms with E-state index in [1.165, 1.54) is 11.8 Å². The number of hydrogen-bond donors (Lipinski definition) is 0. The molecule has 0 radical (unpaired) electrons. The van der Waals surface area contributed by atoms with Gasteiger partial charge in [-0.25, -0.2) is 0 Å². The van der Waals surface area contributed by atoms with Gasteiger partial charge >= 0.3 is 0 Å². The van der Waals surface area contributed by atoms with E-state index in [1.807, 2.05) is 22.8 Å². The van der Waals surface area contributed by atoms with Gasteiger partial charge in [-0.3, -0.25) is 0 Å². The number of furan rings is 1. The van der Waals surface area contributed by atoms with Crippen molar-refractivity contribution in [1.82, 2.24) is 24.9 Å². The minimum absolute atomic E-state index is 0.469. The molecule has 4 aromatic rings. The molecule has 4 rings (SSSR count). The molecule has 144 valence electrons. The first-order valence-electron chi connectivity index (χ1n) is 8.35. The number of aromatic nitrogens is 5. The lowest BCUT2D eigenvalue weighted by Gasteiger charge is -2.07. The van der Waals surface area contributed by atoms with Crippen LogP contribution in [-0.4, -0.2) is 39.1 Å². The Morgan fingerprint density at radius 2 is 2.04 bits per heavy atom. The van der Waals surface area contributed by atoms with E-state index in [4.69, 9.17) is 18.4 Å². The monoisotopic (exact) mass is 399 g/mol. The second-order valence-electron chi connectivity index (χ2n) is 5.69. The van der Waals surface area contributed by atoms with Gasteiger partial charge in [0.05, 0.1) is 32.8 Å². The van der Waals surface area contributed by atoms with Crippen molar-refractivity contribution in [3.63, 3.8) is 0 Å². The normalized spacial score (nSPS) is 10.9. The molecule has 0 aliphatic heterocycles. The number of hydrogen-bond acceptors (Lipinski definition) is 9. The van der Waals surface area contributed by atoms with Crippen molar-refractivity contribution in [2.75, 3.05) is 14.2 Å². The number of ether oxygens (including phenoxy) is 2. The maximum absolute atomic E-state index is 5.37. The average molecular weight is 399 g/mol. The van der Waals surface area contributed by atoms with Gasteiger partial charge in [-0.05, 0) is 30.3 Å². The minimum Gasteiger partial charge on any atom is -0.493 e. The summed E-state index contributed by atoms with van der Waals surface area (Å²) in [6.07, 6.45) is 3.30. The molecule has 0 bridgehead atoms. The lowest BCUT2D eigenvalue weighted by atomic mass is 10.2. The highest BCUT2D eigenvalue weighted by atomic mass is 32.2. The molecule has 9 nitrogen and oxygen atoms in total. The first-order valence-corrected chi connectivity index (χ1v) is 9.33. The Morgan fingerprint density at radius 1 is 1.14 bits per heavy atom. The summed E-state index contributed by atoms with van der Waals surface area (Å²) in [6, 6.07) is 9.21. The summed E-state index contributed by atoms with van der Waals surface area (Å²) in [5.74, 6) is 3.51. The molecule has 0 atom stereocenters. The van der Waals surface area contributed by atoms with Gasteiger partial charge < -0.3 is 23.0 Å². The fourth-order valence-corrected chi connectivity index (χ4v) is 3.32. The van der Waals surface area contributed by atoms with Crippen LogP contribution < -0.4 is 9.47 Å². The molecule has 0 unspecified atom stereocenters. The zero-order valence-electron chi connectivity index (χ0n) is 15.2. The third kappa shape index (κ3) is 3.86. The highest BCUT2D eigenvalue weighted by molar-refractivity contribution is 7.98. The Hall–Kier alpha value is -3.27. The largest absolute Gasteiger partial charge is 0.493 e. The van der Waals surface area contributed by atoms with Gasteiger partial charge in [-0.1, -0.05) is 16.9 Å². The zero-order valence-corrected chi connectivity index (χ0v) is 16.0. The van der Waals surface area contributed by atoms with Gasteiger partial charge in [0.25, 0.3) is 0 Å². The molecule has 0 saturated carbocycles. The maximum Gasteiger partial charge on any atom is 0.237 e. The molecule has 0 spiro atoms. The van der Waals surface area contributed by atoms with E-state index < -0.39 is 0 Å². The number of thioether (sulfide) groups is 1. The highest BCUT2D eigenvalue weighted by Crippen LogP contribution is 2.31. The van der Waals surface area contributed by atoms with Gasteiger partial charge in [0.1, 0.15) is 12.1 Å². The van der Waals surface area contributed by atoms with Gasteiger partial charge in [0, 0.05) is 5.56 Å². The number of rotatable bonds is 8. The molecule has 0 aliphatic rings. The first-order chi connectivity index (χ1) is 13.8. The molecule has 0 amide bonds. The second-order valence-corrected chi connectivity index (χ2v) is 6.63. The van der Waals surface area contributed by atoms with Gasteiger partial charge in [0.15, 0.2) is 16.7 Å². The van der Waals surface area contributed by atoms with Crippen molar-refractivity contribution >= 4 is 11.8 Å². The van der Waals surface area contributed by atoms with Crippen LogP contribution in [0.5, 0.6) is 11.5 Å². The van der Waals surface area contributed by atoms with E-state index in [0.29, 0.717) is 35.5 Å². The summed E-state index contributed by atoms with van der Waals surface area (Å²) >= 11 is 1.46. The van der Waals surface area contributed by atoms with Crippen LogP contribution in [0.25, 0.3) is 11.4 Å². The molecule has 0 saturated heterocycles. The van der Waals surface area contributed by atoms with Crippen LogP contribution in [0.1, 0.15) is 11.7 Å². The predicted octanol–water partition coefficient (Wildman–Crippen LogP) is 3.28. The van der Waals surface area contributed by atoms with E-state index in [2.05, 4.69) is 20.3 Å². The SMILES string of the molecule is COc1ccc(-c2noc(CSc3nncn3Cc3ccco3)n2)cc1OC. The summed E-state index contributed by atoms with van der Waals surface area (Å²) < 4.78 is 23.2. The first kappa shape index (κ1) is 18.1. The molecule has 0 fully saturated rings. The van der Waals surface area contributed by atoms with Crippen molar-refractivity contribution in [2.45, 2.75) is 17.5 Å². The molecule has 3 aromatic heterocycles. The maximum atomic E-state index is 5.37. The smallest absolute Gasteiger partial charge is 0.237 e. The Bertz CT molecular complexity index is 1040. The zero-order chi connectivity index (χ0) is 19.3. The molecule has 3 heterocycles. The van der Waals surface area contributed by atoms with Crippen molar-refractivity contribution in [1.29, 1.82) is 0 Å². The molecule has 0 N–H and O–H groups in total. The fourth-order valence-electron chi connectivity index (χ4n) is 2.57. The Labute approximate surface area is 164 Å². The van der Waals surface area contributed by atoms with Crippen molar-refractivity contribution in [2.24, 2.45) is 0 Å². The summed E-state index contributed by atoms with van der Waals surface area (Å²) in [5.41, 5.74) is 0.777. The van der Waals surface area contributed by atoms with Crippen LogP contribution in [0, 0.1) is 0 Å². The van der Waals surface area contributed by atoms with Crippen LogP contribution in [0.15, 0.2) is 57.0 Å². The standard InChI is InChI=1S/C18H17N5O4S/c1-24-14-6-5-12(8-15(14)25-2)17-20-16(27-22-17)10-28-18-21-19-11-23(18)9-13-4-3-7-26-13/h3-8,11H,9-10H2,1-2H3. The highest BCUT2D eigenvalue weighted by Gasteiger charge is 2.14. The topological polar surface area (TPSA) is 101 Å². The number of benzene rings is 1. The Balaban J connectivity index is 1.44. The number of methoxy groups -OCH3 is 2. The third-order valence-corrected chi connectivity index (χ3v) is 4.89. The van der Waals surface area contributed by atoms with E-state index >= 15 is 0 Å². The average Bonchev–Trinajstić information content (AvgIpc) is 3.48.